The molecule has 0 aliphatic heterocycles. The highest BCUT2D eigenvalue weighted by Crippen LogP contribution is 2.61. The summed E-state index contributed by atoms with van der Waals surface area (Å²) in [5.74, 6) is 2.62. The Morgan fingerprint density at radius 2 is 1.94 bits per heavy atom. The van der Waals surface area contributed by atoms with E-state index in [9.17, 15) is 8.42 Å². The molecule has 0 N–H and O–H groups in total. The topological polar surface area (TPSA) is 34.1 Å². The van der Waals surface area contributed by atoms with Gasteiger partial charge in [0.05, 0.1) is 5.75 Å². The summed E-state index contributed by atoms with van der Waals surface area (Å²) >= 11 is 3.63. The Balaban J connectivity index is 1.80. The maximum atomic E-state index is 11.4. The van der Waals surface area contributed by atoms with Gasteiger partial charge in [-0.05, 0) is 49.4 Å². The first-order valence-electron chi connectivity index (χ1n) is 6.27. The first-order chi connectivity index (χ1) is 7.50. The molecule has 2 nitrogen and oxygen atoms in total. The third-order valence-corrected chi connectivity index (χ3v) is 7.33. The van der Waals surface area contributed by atoms with Gasteiger partial charge in [0.2, 0.25) is 0 Å². The van der Waals surface area contributed by atoms with Crippen LogP contribution in [0, 0.1) is 17.3 Å². The number of hydrogen-bond acceptors (Lipinski definition) is 2. The molecule has 0 spiro atoms. The lowest BCUT2D eigenvalue weighted by molar-refractivity contribution is 0.282. The molecular formula is C12H21BrO2S. The van der Waals surface area contributed by atoms with Crippen molar-refractivity contribution < 1.29 is 8.42 Å². The lowest BCUT2D eigenvalue weighted by atomic mass is 9.81. The predicted octanol–water partition coefficient (Wildman–Crippen LogP) is 3.01. The summed E-state index contributed by atoms with van der Waals surface area (Å²) in [5, 5.41) is 1.05. The molecule has 2 atom stereocenters. The lowest BCUT2D eigenvalue weighted by Gasteiger charge is -2.28. The molecule has 2 unspecified atom stereocenters. The van der Waals surface area contributed by atoms with Crippen LogP contribution in [-0.4, -0.2) is 25.3 Å². The molecule has 0 amide bonds. The zero-order chi connectivity index (χ0) is 11.8. The van der Waals surface area contributed by atoms with Crippen LogP contribution in [-0.2, 0) is 9.84 Å². The van der Waals surface area contributed by atoms with Crippen molar-refractivity contribution in [2.24, 2.45) is 17.3 Å². The highest BCUT2D eigenvalue weighted by Gasteiger charge is 2.52. The van der Waals surface area contributed by atoms with Gasteiger partial charge < -0.3 is 0 Å². The van der Waals surface area contributed by atoms with Gasteiger partial charge in [-0.3, -0.25) is 0 Å². The van der Waals surface area contributed by atoms with Crippen LogP contribution < -0.4 is 0 Å². The van der Waals surface area contributed by atoms with E-state index in [1.54, 1.807) is 6.92 Å². The Kier molecular flexibility index (Phi) is 3.70. The summed E-state index contributed by atoms with van der Waals surface area (Å²) in [4.78, 5) is 0. The average Bonchev–Trinajstić information content (AvgIpc) is 2.87. The fourth-order valence-corrected chi connectivity index (χ4v) is 4.81. The quantitative estimate of drug-likeness (QED) is 0.707. The number of fused-ring (bicyclic) bond motifs is 1. The molecule has 2 aliphatic rings. The molecular weight excluding hydrogens is 288 g/mol. The molecule has 4 heteroatoms. The normalized spacial score (nSPS) is 37.4. The van der Waals surface area contributed by atoms with Crippen LogP contribution in [0.3, 0.4) is 0 Å². The Morgan fingerprint density at radius 1 is 1.31 bits per heavy atom. The van der Waals surface area contributed by atoms with Crippen molar-refractivity contribution in [2.45, 2.75) is 39.0 Å². The average molecular weight is 309 g/mol. The molecule has 2 rings (SSSR count). The van der Waals surface area contributed by atoms with Crippen LogP contribution in [0.25, 0.3) is 0 Å². The Morgan fingerprint density at radius 3 is 2.44 bits per heavy atom. The van der Waals surface area contributed by atoms with Gasteiger partial charge in [0.25, 0.3) is 0 Å². The minimum Gasteiger partial charge on any atom is -0.229 e. The van der Waals surface area contributed by atoms with Crippen molar-refractivity contribution in [1.29, 1.82) is 0 Å². The fraction of sp³-hybridized carbons (Fsp3) is 1.00. The van der Waals surface area contributed by atoms with E-state index in [-0.39, 0.29) is 0 Å². The molecule has 2 aliphatic carbocycles. The number of hydrogen-bond donors (Lipinski definition) is 0. The summed E-state index contributed by atoms with van der Waals surface area (Å²) in [5.41, 5.74) is 0.427. The zero-order valence-corrected chi connectivity index (χ0v) is 12.3. The van der Waals surface area contributed by atoms with Crippen LogP contribution in [0.1, 0.15) is 39.0 Å². The van der Waals surface area contributed by atoms with Crippen LogP contribution in [0.15, 0.2) is 0 Å². The van der Waals surface area contributed by atoms with Gasteiger partial charge in [-0.25, -0.2) is 8.42 Å². The summed E-state index contributed by atoms with van der Waals surface area (Å²) < 4.78 is 22.9. The zero-order valence-electron chi connectivity index (χ0n) is 9.91. The Hall–Kier alpha value is 0.430. The number of halogens is 1. The number of sulfone groups is 1. The largest absolute Gasteiger partial charge is 0.229 e. The fourth-order valence-electron chi connectivity index (χ4n) is 3.20. The van der Waals surface area contributed by atoms with Crippen LogP contribution in [0.5, 0.6) is 0 Å². The molecule has 0 radical (unpaired) electrons. The monoisotopic (exact) mass is 308 g/mol. The second-order valence-electron chi connectivity index (χ2n) is 5.64. The molecule has 2 saturated carbocycles. The molecule has 16 heavy (non-hydrogen) atoms. The molecule has 0 aromatic carbocycles. The van der Waals surface area contributed by atoms with Gasteiger partial charge in [-0.1, -0.05) is 22.9 Å². The van der Waals surface area contributed by atoms with Gasteiger partial charge in [0.1, 0.15) is 9.84 Å². The second-order valence-corrected chi connectivity index (χ2v) is 8.67. The maximum Gasteiger partial charge on any atom is 0.150 e. The van der Waals surface area contributed by atoms with Crippen LogP contribution in [0.4, 0.5) is 0 Å². The van der Waals surface area contributed by atoms with Gasteiger partial charge in [0.15, 0.2) is 0 Å². The van der Waals surface area contributed by atoms with Crippen LogP contribution >= 0.6 is 15.9 Å². The van der Waals surface area contributed by atoms with Crippen molar-refractivity contribution in [3.05, 3.63) is 0 Å². The SMILES string of the molecule is CCS(=O)(=O)CCCC1(CBr)CC2CC2C1. The molecule has 0 bridgehead atoms. The summed E-state index contributed by atoms with van der Waals surface area (Å²) in [7, 11) is -2.76. The van der Waals surface area contributed by atoms with E-state index in [2.05, 4.69) is 15.9 Å². The van der Waals surface area contributed by atoms with E-state index >= 15 is 0 Å². The van der Waals surface area contributed by atoms with Crippen molar-refractivity contribution in [1.82, 2.24) is 0 Å². The van der Waals surface area contributed by atoms with E-state index in [1.807, 2.05) is 0 Å². The summed E-state index contributed by atoms with van der Waals surface area (Å²) in [6, 6.07) is 0. The maximum absolute atomic E-state index is 11.4. The summed E-state index contributed by atoms with van der Waals surface area (Å²) in [6.07, 6.45) is 6.03. The number of rotatable bonds is 6. The van der Waals surface area contributed by atoms with E-state index in [0.29, 0.717) is 16.9 Å². The van der Waals surface area contributed by atoms with Crippen molar-refractivity contribution in [3.63, 3.8) is 0 Å². The molecule has 0 aromatic heterocycles. The van der Waals surface area contributed by atoms with E-state index in [4.69, 9.17) is 0 Å². The Labute approximate surface area is 107 Å². The minimum atomic E-state index is -2.76. The highest BCUT2D eigenvalue weighted by atomic mass is 79.9. The number of alkyl halides is 1. The molecule has 2 fully saturated rings. The third-order valence-electron chi connectivity index (χ3n) is 4.35. The van der Waals surface area contributed by atoms with Gasteiger partial charge in [-0.2, -0.15) is 0 Å². The Bertz CT molecular complexity index is 340. The third kappa shape index (κ3) is 2.81. The van der Waals surface area contributed by atoms with E-state index in [1.165, 1.54) is 19.3 Å². The first-order valence-corrected chi connectivity index (χ1v) is 9.21. The first kappa shape index (κ1) is 12.9. The summed E-state index contributed by atoms with van der Waals surface area (Å²) in [6.45, 7) is 1.74. The van der Waals surface area contributed by atoms with Crippen molar-refractivity contribution in [3.8, 4) is 0 Å². The van der Waals surface area contributed by atoms with E-state index in [0.717, 1.165) is 30.0 Å². The second kappa shape index (κ2) is 4.60. The molecule has 0 aromatic rings. The van der Waals surface area contributed by atoms with Crippen LogP contribution in [0.2, 0.25) is 0 Å². The predicted molar refractivity (Wildman–Crippen MR) is 70.6 cm³/mol. The van der Waals surface area contributed by atoms with Crippen molar-refractivity contribution in [2.75, 3.05) is 16.8 Å². The standard InChI is InChI=1S/C12H21BrO2S/c1-2-16(14,15)5-3-4-12(9-13)7-10-6-11(10)8-12/h10-11H,2-9H2,1H3. The van der Waals surface area contributed by atoms with Gasteiger partial charge >= 0.3 is 0 Å². The van der Waals surface area contributed by atoms with Gasteiger partial charge in [-0.15, -0.1) is 0 Å². The lowest BCUT2D eigenvalue weighted by Crippen LogP contribution is -2.22. The molecule has 0 heterocycles. The minimum absolute atomic E-state index is 0.291. The molecule has 0 saturated heterocycles. The van der Waals surface area contributed by atoms with Crippen molar-refractivity contribution >= 4 is 25.8 Å². The smallest absolute Gasteiger partial charge is 0.150 e. The highest BCUT2D eigenvalue weighted by molar-refractivity contribution is 9.09. The molecule has 94 valence electrons. The van der Waals surface area contributed by atoms with Gasteiger partial charge in [0, 0.05) is 11.1 Å². The van der Waals surface area contributed by atoms with E-state index < -0.39 is 9.84 Å².